The van der Waals surface area contributed by atoms with Crippen LogP contribution in [0.15, 0.2) is 23.1 Å². The van der Waals surface area contributed by atoms with Gasteiger partial charge >= 0.3 is 0 Å². The Balaban J connectivity index is 1.99. The molecule has 0 bridgehead atoms. The van der Waals surface area contributed by atoms with Crippen molar-refractivity contribution in [3.63, 3.8) is 0 Å². The molecule has 1 aliphatic rings. The summed E-state index contributed by atoms with van der Waals surface area (Å²) in [5.41, 5.74) is 0.541. The van der Waals surface area contributed by atoms with E-state index in [0.717, 1.165) is 12.8 Å². The Morgan fingerprint density at radius 3 is 2.79 bits per heavy atom. The van der Waals surface area contributed by atoms with Crippen LogP contribution in [0.5, 0.6) is 0 Å². The van der Waals surface area contributed by atoms with E-state index in [1.807, 2.05) is 0 Å². The highest BCUT2D eigenvalue weighted by molar-refractivity contribution is 7.89. The summed E-state index contributed by atoms with van der Waals surface area (Å²) in [5.74, 6) is 0.359. The third-order valence-electron chi connectivity index (χ3n) is 3.41. The normalized spacial score (nSPS) is 17.4. The highest BCUT2D eigenvalue weighted by Crippen LogP contribution is 2.33. The summed E-state index contributed by atoms with van der Waals surface area (Å²) in [7, 11) is -3.56. The predicted octanol–water partition coefficient (Wildman–Crippen LogP) is 2.09. The van der Waals surface area contributed by atoms with Gasteiger partial charge in [0.15, 0.2) is 0 Å². The van der Waals surface area contributed by atoms with E-state index in [9.17, 15) is 13.5 Å². The molecule has 1 saturated carbocycles. The summed E-state index contributed by atoms with van der Waals surface area (Å²) in [6.07, 6.45) is 2.13. The van der Waals surface area contributed by atoms with Gasteiger partial charge in [-0.15, -0.1) is 0 Å². The minimum atomic E-state index is -3.56. The van der Waals surface area contributed by atoms with E-state index in [1.54, 1.807) is 19.1 Å². The van der Waals surface area contributed by atoms with Gasteiger partial charge in [0.25, 0.3) is 0 Å². The maximum atomic E-state index is 12.1. The molecule has 1 atom stereocenters. The maximum absolute atomic E-state index is 12.1. The van der Waals surface area contributed by atoms with Crippen LogP contribution in [0.3, 0.4) is 0 Å². The lowest BCUT2D eigenvalue weighted by Gasteiger charge is -2.12. The van der Waals surface area contributed by atoms with Crippen molar-refractivity contribution in [3.05, 3.63) is 28.8 Å². The fourth-order valence-electron chi connectivity index (χ4n) is 2.01. The van der Waals surface area contributed by atoms with Gasteiger partial charge in [-0.25, -0.2) is 13.1 Å². The molecule has 0 heterocycles. The van der Waals surface area contributed by atoms with Crippen LogP contribution in [0, 0.1) is 12.8 Å². The number of benzene rings is 1. The molecule has 19 heavy (non-hydrogen) atoms. The molecule has 0 radical (unpaired) electrons. The highest BCUT2D eigenvalue weighted by atomic mass is 35.5. The molecule has 1 aliphatic carbocycles. The Morgan fingerprint density at radius 1 is 1.47 bits per heavy atom. The third kappa shape index (κ3) is 3.69. The predicted molar refractivity (Wildman–Crippen MR) is 74.7 cm³/mol. The van der Waals surface area contributed by atoms with Gasteiger partial charge < -0.3 is 5.11 Å². The monoisotopic (exact) mass is 303 g/mol. The summed E-state index contributed by atoms with van der Waals surface area (Å²) >= 11 is 5.92. The maximum Gasteiger partial charge on any atom is 0.240 e. The van der Waals surface area contributed by atoms with Crippen molar-refractivity contribution in [1.29, 1.82) is 0 Å². The fourth-order valence-corrected chi connectivity index (χ4v) is 3.56. The molecule has 0 aliphatic heterocycles. The average molecular weight is 304 g/mol. The van der Waals surface area contributed by atoms with E-state index in [4.69, 9.17) is 11.6 Å². The van der Waals surface area contributed by atoms with Crippen LogP contribution in [0.2, 0.25) is 5.02 Å². The first kappa shape index (κ1) is 14.8. The van der Waals surface area contributed by atoms with Gasteiger partial charge in [-0.3, -0.25) is 0 Å². The van der Waals surface area contributed by atoms with Crippen molar-refractivity contribution < 1.29 is 13.5 Å². The minimum absolute atomic E-state index is 0.195. The molecule has 1 fully saturated rings. The molecule has 0 spiro atoms. The summed E-state index contributed by atoms with van der Waals surface area (Å²) in [5, 5.41) is 10.1. The molecule has 1 aromatic rings. The van der Waals surface area contributed by atoms with Crippen LogP contribution < -0.4 is 4.72 Å². The second-order valence-corrected chi connectivity index (χ2v) is 7.10. The van der Waals surface area contributed by atoms with Crippen molar-refractivity contribution in [2.24, 2.45) is 5.92 Å². The highest BCUT2D eigenvalue weighted by Gasteiger charge is 2.29. The number of aliphatic hydroxyl groups is 1. The smallest absolute Gasteiger partial charge is 0.240 e. The lowest BCUT2D eigenvalue weighted by atomic mass is 10.2. The first-order valence-electron chi connectivity index (χ1n) is 6.34. The molecule has 0 aromatic heterocycles. The van der Waals surface area contributed by atoms with Crippen LogP contribution in [0.25, 0.3) is 0 Å². The summed E-state index contributed by atoms with van der Waals surface area (Å²) in [6.45, 7) is 1.92. The number of hydrogen-bond donors (Lipinski definition) is 2. The molecule has 1 aromatic carbocycles. The SMILES string of the molecule is Cc1c(Cl)cccc1S(=O)(=O)NCCC(O)C1CC1. The minimum Gasteiger partial charge on any atom is -0.393 e. The van der Waals surface area contributed by atoms with Gasteiger partial charge in [0.1, 0.15) is 0 Å². The van der Waals surface area contributed by atoms with Crippen molar-refractivity contribution in [3.8, 4) is 0 Å². The lowest BCUT2D eigenvalue weighted by Crippen LogP contribution is -2.28. The number of aliphatic hydroxyl groups excluding tert-OH is 1. The van der Waals surface area contributed by atoms with Gasteiger partial charge in [-0.1, -0.05) is 17.7 Å². The van der Waals surface area contributed by atoms with Gasteiger partial charge in [-0.05, 0) is 49.8 Å². The second-order valence-electron chi connectivity index (χ2n) is 4.95. The molecule has 2 N–H and O–H groups in total. The van der Waals surface area contributed by atoms with E-state index in [2.05, 4.69) is 4.72 Å². The number of sulfonamides is 1. The molecule has 0 amide bonds. The van der Waals surface area contributed by atoms with Gasteiger partial charge in [0, 0.05) is 11.6 Å². The van der Waals surface area contributed by atoms with Crippen LogP contribution >= 0.6 is 11.6 Å². The van der Waals surface area contributed by atoms with E-state index in [0.29, 0.717) is 22.9 Å². The second kappa shape index (κ2) is 5.79. The first-order chi connectivity index (χ1) is 8.92. The average Bonchev–Trinajstić information content (AvgIpc) is 3.16. The van der Waals surface area contributed by atoms with Gasteiger partial charge in [0.05, 0.1) is 11.0 Å². The van der Waals surface area contributed by atoms with E-state index < -0.39 is 16.1 Å². The van der Waals surface area contributed by atoms with Gasteiger partial charge in [0.2, 0.25) is 10.0 Å². The molecule has 4 nitrogen and oxygen atoms in total. The standard InChI is InChI=1S/C13H18ClNO3S/c1-9-11(14)3-2-4-13(9)19(17,18)15-8-7-12(16)10-5-6-10/h2-4,10,12,15-16H,5-8H2,1H3. The van der Waals surface area contributed by atoms with Gasteiger partial charge in [-0.2, -0.15) is 0 Å². The van der Waals surface area contributed by atoms with E-state index >= 15 is 0 Å². The van der Waals surface area contributed by atoms with Crippen LogP contribution in [-0.2, 0) is 10.0 Å². The fraction of sp³-hybridized carbons (Fsp3) is 0.538. The van der Waals surface area contributed by atoms with Crippen molar-refractivity contribution in [1.82, 2.24) is 4.72 Å². The number of hydrogen-bond acceptors (Lipinski definition) is 3. The molecular formula is C13H18ClNO3S. The van der Waals surface area contributed by atoms with Crippen LogP contribution in [0.1, 0.15) is 24.8 Å². The van der Waals surface area contributed by atoms with Crippen LogP contribution in [-0.4, -0.2) is 26.2 Å². The molecule has 1 unspecified atom stereocenters. The molecule has 0 saturated heterocycles. The lowest BCUT2D eigenvalue weighted by molar-refractivity contribution is 0.143. The number of halogens is 1. The van der Waals surface area contributed by atoms with Crippen LogP contribution in [0.4, 0.5) is 0 Å². The zero-order valence-corrected chi connectivity index (χ0v) is 12.3. The third-order valence-corrected chi connectivity index (χ3v) is 5.42. The topological polar surface area (TPSA) is 66.4 Å². The Labute approximate surface area is 118 Å². The summed E-state index contributed by atoms with van der Waals surface area (Å²) < 4.78 is 26.8. The van der Waals surface area contributed by atoms with Crippen molar-refractivity contribution in [2.45, 2.75) is 37.2 Å². The van der Waals surface area contributed by atoms with E-state index in [-0.39, 0.29) is 11.4 Å². The quantitative estimate of drug-likeness (QED) is 0.845. The summed E-state index contributed by atoms with van der Waals surface area (Å²) in [4.78, 5) is 0.195. The zero-order valence-electron chi connectivity index (χ0n) is 10.8. The molecular weight excluding hydrogens is 286 g/mol. The van der Waals surface area contributed by atoms with Crippen molar-refractivity contribution in [2.75, 3.05) is 6.54 Å². The number of nitrogens with one attached hydrogen (secondary N) is 1. The Kier molecular flexibility index (Phi) is 4.50. The Bertz CT molecular complexity index is 555. The summed E-state index contributed by atoms with van der Waals surface area (Å²) in [6, 6.07) is 4.80. The van der Waals surface area contributed by atoms with E-state index in [1.165, 1.54) is 6.07 Å². The van der Waals surface area contributed by atoms with Crippen molar-refractivity contribution >= 4 is 21.6 Å². The first-order valence-corrected chi connectivity index (χ1v) is 8.21. The molecule has 2 rings (SSSR count). The number of rotatable bonds is 6. The largest absolute Gasteiger partial charge is 0.393 e. The molecule has 106 valence electrons. The Hall–Kier alpha value is -0.620. The molecule has 6 heteroatoms. The zero-order chi connectivity index (χ0) is 14.0. The Morgan fingerprint density at radius 2 is 2.16 bits per heavy atom.